The zero-order valence-electron chi connectivity index (χ0n) is 12.6. The summed E-state index contributed by atoms with van der Waals surface area (Å²) < 4.78 is 18.4. The van der Waals surface area contributed by atoms with Crippen LogP contribution < -0.4 is 5.32 Å². The third-order valence-corrected chi connectivity index (χ3v) is 3.01. The SMILES string of the molecule is N#Cc1ccc(C(=O)OCC(=O)Nc2ccc([N+](=O)[O-])cc2)c(F)c1. The van der Waals surface area contributed by atoms with Crippen molar-refractivity contribution >= 4 is 23.3 Å². The number of nitriles is 1. The molecule has 0 fully saturated rings. The van der Waals surface area contributed by atoms with Crippen LogP contribution >= 0.6 is 0 Å². The van der Waals surface area contributed by atoms with Crippen molar-refractivity contribution in [2.75, 3.05) is 11.9 Å². The van der Waals surface area contributed by atoms with E-state index in [0.29, 0.717) is 0 Å². The zero-order valence-corrected chi connectivity index (χ0v) is 12.6. The van der Waals surface area contributed by atoms with Gasteiger partial charge in [0.15, 0.2) is 6.61 Å². The molecule has 2 aromatic carbocycles. The van der Waals surface area contributed by atoms with E-state index in [-0.39, 0.29) is 16.9 Å². The molecule has 0 atom stereocenters. The number of esters is 1. The highest BCUT2D eigenvalue weighted by Crippen LogP contribution is 2.15. The number of carbonyl (C=O) groups excluding carboxylic acids is 2. The van der Waals surface area contributed by atoms with Crippen LogP contribution in [0.25, 0.3) is 0 Å². The van der Waals surface area contributed by atoms with E-state index in [1.807, 2.05) is 0 Å². The Labute approximate surface area is 140 Å². The molecule has 9 heteroatoms. The second-order valence-corrected chi connectivity index (χ2v) is 4.73. The predicted molar refractivity (Wildman–Crippen MR) is 83.1 cm³/mol. The molecular formula is C16H10FN3O5. The Hall–Kier alpha value is -3.80. The van der Waals surface area contributed by atoms with Crippen molar-refractivity contribution in [1.29, 1.82) is 5.26 Å². The van der Waals surface area contributed by atoms with Gasteiger partial charge in [-0.2, -0.15) is 5.26 Å². The van der Waals surface area contributed by atoms with Gasteiger partial charge in [0.2, 0.25) is 0 Å². The van der Waals surface area contributed by atoms with Crippen LogP contribution in [-0.4, -0.2) is 23.4 Å². The minimum atomic E-state index is -1.05. The van der Waals surface area contributed by atoms with E-state index < -0.39 is 34.8 Å². The van der Waals surface area contributed by atoms with Gasteiger partial charge in [-0.05, 0) is 30.3 Å². The molecule has 0 aliphatic rings. The van der Waals surface area contributed by atoms with E-state index in [9.17, 15) is 24.1 Å². The molecule has 0 aromatic heterocycles. The Morgan fingerprint density at radius 2 is 1.92 bits per heavy atom. The molecular weight excluding hydrogens is 333 g/mol. The standard InChI is InChI=1S/C16H10FN3O5/c17-14-7-10(8-18)1-6-13(14)16(22)25-9-15(21)19-11-2-4-12(5-3-11)20(23)24/h1-7H,9H2,(H,19,21). The van der Waals surface area contributed by atoms with E-state index in [2.05, 4.69) is 5.32 Å². The van der Waals surface area contributed by atoms with Gasteiger partial charge in [0.25, 0.3) is 11.6 Å². The maximum Gasteiger partial charge on any atom is 0.341 e. The summed E-state index contributed by atoms with van der Waals surface area (Å²) >= 11 is 0. The molecule has 8 nitrogen and oxygen atoms in total. The lowest BCUT2D eigenvalue weighted by molar-refractivity contribution is -0.384. The first kappa shape index (κ1) is 17.6. The number of nitrogens with zero attached hydrogens (tertiary/aromatic N) is 2. The Balaban J connectivity index is 1.92. The largest absolute Gasteiger partial charge is 0.452 e. The normalized spacial score (nSPS) is 9.76. The average Bonchev–Trinajstić information content (AvgIpc) is 2.60. The molecule has 0 unspecified atom stereocenters. The number of non-ortho nitro benzene ring substituents is 1. The minimum absolute atomic E-state index is 0.0463. The maximum absolute atomic E-state index is 13.7. The quantitative estimate of drug-likeness (QED) is 0.505. The van der Waals surface area contributed by atoms with Gasteiger partial charge in [0.05, 0.1) is 22.1 Å². The van der Waals surface area contributed by atoms with Crippen molar-refractivity contribution in [1.82, 2.24) is 0 Å². The number of hydrogen-bond donors (Lipinski definition) is 1. The van der Waals surface area contributed by atoms with E-state index in [4.69, 9.17) is 10.00 Å². The molecule has 0 radical (unpaired) electrons. The summed E-state index contributed by atoms with van der Waals surface area (Å²) in [6.07, 6.45) is 0. The van der Waals surface area contributed by atoms with Gasteiger partial charge in [-0.1, -0.05) is 0 Å². The number of rotatable bonds is 5. The molecule has 0 spiro atoms. The molecule has 1 amide bonds. The number of nitrogens with one attached hydrogen (secondary N) is 1. The van der Waals surface area contributed by atoms with Gasteiger partial charge in [-0.15, -0.1) is 0 Å². The van der Waals surface area contributed by atoms with Gasteiger partial charge < -0.3 is 10.1 Å². The van der Waals surface area contributed by atoms with Crippen LogP contribution in [0.15, 0.2) is 42.5 Å². The van der Waals surface area contributed by atoms with Crippen molar-refractivity contribution in [3.05, 3.63) is 69.5 Å². The fourth-order valence-corrected chi connectivity index (χ4v) is 1.82. The number of hydrogen-bond acceptors (Lipinski definition) is 6. The lowest BCUT2D eigenvalue weighted by Crippen LogP contribution is -2.21. The number of halogens is 1. The monoisotopic (exact) mass is 343 g/mol. The van der Waals surface area contributed by atoms with Gasteiger partial charge in [-0.3, -0.25) is 14.9 Å². The predicted octanol–water partition coefficient (Wildman–Crippen LogP) is 2.40. The lowest BCUT2D eigenvalue weighted by Gasteiger charge is -2.07. The Morgan fingerprint density at radius 1 is 1.24 bits per heavy atom. The van der Waals surface area contributed by atoms with Crippen LogP contribution in [0.1, 0.15) is 15.9 Å². The summed E-state index contributed by atoms with van der Waals surface area (Å²) in [5, 5.41) is 21.5. The molecule has 0 bridgehead atoms. The van der Waals surface area contributed by atoms with Gasteiger partial charge >= 0.3 is 5.97 Å². The first-order valence-electron chi connectivity index (χ1n) is 6.82. The Kier molecular flexibility index (Phi) is 5.37. The molecule has 0 saturated carbocycles. The van der Waals surface area contributed by atoms with Crippen molar-refractivity contribution in [2.45, 2.75) is 0 Å². The fourth-order valence-electron chi connectivity index (χ4n) is 1.82. The number of anilines is 1. The van der Waals surface area contributed by atoms with Gasteiger partial charge in [0.1, 0.15) is 5.82 Å². The third kappa shape index (κ3) is 4.59. The Morgan fingerprint density at radius 3 is 2.48 bits per heavy atom. The summed E-state index contributed by atoms with van der Waals surface area (Å²) in [5.74, 6) is -2.68. The van der Waals surface area contributed by atoms with E-state index in [1.165, 1.54) is 30.3 Å². The van der Waals surface area contributed by atoms with Crippen LogP contribution in [0.4, 0.5) is 15.8 Å². The number of carbonyl (C=O) groups is 2. The second kappa shape index (κ2) is 7.65. The first-order valence-corrected chi connectivity index (χ1v) is 6.82. The highest BCUT2D eigenvalue weighted by molar-refractivity contribution is 5.95. The number of nitro benzene ring substituents is 1. The number of nitro groups is 1. The number of benzene rings is 2. The topological polar surface area (TPSA) is 122 Å². The highest BCUT2D eigenvalue weighted by atomic mass is 19.1. The minimum Gasteiger partial charge on any atom is -0.452 e. The van der Waals surface area contributed by atoms with E-state index in [1.54, 1.807) is 6.07 Å². The maximum atomic E-state index is 13.7. The van der Waals surface area contributed by atoms with Gasteiger partial charge in [-0.25, -0.2) is 9.18 Å². The number of ether oxygens (including phenoxy) is 1. The summed E-state index contributed by atoms with van der Waals surface area (Å²) in [7, 11) is 0. The van der Waals surface area contributed by atoms with Crippen molar-refractivity contribution in [3.63, 3.8) is 0 Å². The van der Waals surface area contributed by atoms with E-state index >= 15 is 0 Å². The number of amides is 1. The molecule has 0 aliphatic heterocycles. The van der Waals surface area contributed by atoms with Crippen LogP contribution in [0.2, 0.25) is 0 Å². The zero-order chi connectivity index (χ0) is 18.4. The molecule has 2 rings (SSSR count). The molecule has 1 N–H and O–H groups in total. The summed E-state index contributed by atoms with van der Waals surface area (Å²) in [5.41, 5.74) is -0.218. The molecule has 0 heterocycles. The van der Waals surface area contributed by atoms with Crippen molar-refractivity contribution in [2.24, 2.45) is 0 Å². The molecule has 0 saturated heterocycles. The molecule has 25 heavy (non-hydrogen) atoms. The molecule has 126 valence electrons. The highest BCUT2D eigenvalue weighted by Gasteiger charge is 2.15. The third-order valence-electron chi connectivity index (χ3n) is 3.01. The Bertz CT molecular complexity index is 874. The summed E-state index contributed by atoms with van der Waals surface area (Å²) in [4.78, 5) is 33.4. The van der Waals surface area contributed by atoms with Crippen molar-refractivity contribution in [3.8, 4) is 6.07 Å². The van der Waals surface area contributed by atoms with Crippen LogP contribution in [0.3, 0.4) is 0 Å². The van der Waals surface area contributed by atoms with Crippen LogP contribution in [0.5, 0.6) is 0 Å². The lowest BCUT2D eigenvalue weighted by atomic mass is 10.1. The smallest absolute Gasteiger partial charge is 0.341 e. The van der Waals surface area contributed by atoms with Crippen molar-refractivity contribution < 1.29 is 23.6 Å². The summed E-state index contributed by atoms with van der Waals surface area (Å²) in [6, 6.07) is 9.98. The fraction of sp³-hybridized carbons (Fsp3) is 0.0625. The molecule has 2 aromatic rings. The molecule has 0 aliphatic carbocycles. The van der Waals surface area contributed by atoms with E-state index in [0.717, 1.165) is 12.1 Å². The average molecular weight is 343 g/mol. The summed E-state index contributed by atoms with van der Waals surface area (Å²) in [6.45, 7) is -0.671. The second-order valence-electron chi connectivity index (χ2n) is 4.73. The van der Waals surface area contributed by atoms with Crippen LogP contribution in [-0.2, 0) is 9.53 Å². The first-order chi connectivity index (χ1) is 11.9. The van der Waals surface area contributed by atoms with Crippen LogP contribution in [0, 0.1) is 27.3 Å². The van der Waals surface area contributed by atoms with Gasteiger partial charge in [0, 0.05) is 17.8 Å².